The molecule has 5 nitrogen and oxygen atoms in total. The van der Waals surface area contributed by atoms with Gasteiger partial charge in [0.2, 0.25) is 0 Å². The number of hydrogen-bond acceptors (Lipinski definition) is 5. The predicted molar refractivity (Wildman–Crippen MR) is 81.6 cm³/mol. The van der Waals surface area contributed by atoms with Gasteiger partial charge >= 0.3 is 5.97 Å². The molecule has 5 heteroatoms. The Morgan fingerprint density at radius 1 is 1.27 bits per heavy atom. The van der Waals surface area contributed by atoms with E-state index < -0.39 is 18.0 Å². The molecule has 2 atom stereocenters. The highest BCUT2D eigenvalue weighted by Crippen LogP contribution is 2.36. The number of esters is 1. The first-order valence-corrected chi connectivity index (χ1v) is 7.06. The van der Waals surface area contributed by atoms with Gasteiger partial charge < -0.3 is 9.84 Å². The van der Waals surface area contributed by atoms with E-state index in [2.05, 4.69) is 9.98 Å². The van der Waals surface area contributed by atoms with Crippen LogP contribution in [0.15, 0.2) is 53.7 Å². The van der Waals surface area contributed by atoms with Crippen molar-refractivity contribution in [3.05, 3.63) is 59.9 Å². The van der Waals surface area contributed by atoms with E-state index in [4.69, 9.17) is 4.74 Å². The zero-order valence-electron chi connectivity index (χ0n) is 12.1. The van der Waals surface area contributed by atoms with Crippen LogP contribution < -0.4 is 4.74 Å². The highest BCUT2D eigenvalue weighted by atomic mass is 16.5. The maximum atomic E-state index is 12.1. The Morgan fingerprint density at radius 3 is 2.82 bits per heavy atom. The van der Waals surface area contributed by atoms with Crippen molar-refractivity contribution in [1.29, 1.82) is 0 Å². The number of aromatic nitrogens is 1. The number of benzene rings is 1. The van der Waals surface area contributed by atoms with Crippen LogP contribution in [0.3, 0.4) is 0 Å². The molecule has 2 aromatic rings. The normalized spacial score (nSPS) is 21.2. The van der Waals surface area contributed by atoms with Crippen molar-refractivity contribution in [2.75, 3.05) is 0 Å². The molecule has 22 heavy (non-hydrogen) atoms. The first-order valence-electron chi connectivity index (χ1n) is 7.06. The van der Waals surface area contributed by atoms with Crippen LogP contribution in [0.2, 0.25) is 0 Å². The van der Waals surface area contributed by atoms with Crippen molar-refractivity contribution < 1.29 is 14.6 Å². The Labute approximate surface area is 128 Å². The van der Waals surface area contributed by atoms with Crippen LogP contribution in [-0.2, 0) is 11.3 Å². The number of carbonyl (C=O) groups is 1. The van der Waals surface area contributed by atoms with Crippen LogP contribution in [0.1, 0.15) is 24.3 Å². The van der Waals surface area contributed by atoms with Gasteiger partial charge in [-0.15, -0.1) is 0 Å². The Kier molecular flexibility index (Phi) is 3.98. The zero-order chi connectivity index (χ0) is 15.5. The summed E-state index contributed by atoms with van der Waals surface area (Å²) in [7, 11) is 0. The summed E-state index contributed by atoms with van der Waals surface area (Å²) in [5.74, 6) is -0.846. The lowest BCUT2D eigenvalue weighted by Gasteiger charge is -2.28. The van der Waals surface area contributed by atoms with Crippen LogP contribution in [0.4, 0.5) is 0 Å². The summed E-state index contributed by atoms with van der Waals surface area (Å²) in [6, 6.07) is 12.6. The minimum absolute atomic E-state index is 0.366. The van der Waals surface area contributed by atoms with E-state index in [1.807, 2.05) is 18.2 Å². The van der Waals surface area contributed by atoms with Crippen LogP contribution in [0.25, 0.3) is 0 Å². The standard InChI is InChI=1S/C17H16N2O3/c1-11(19-10-12-6-4-5-9-18-12)15-16(20)13-7-2-3-8-14(13)22-17(15)21/h2-9,15-16,20H,10H2,1H3. The van der Waals surface area contributed by atoms with Crippen LogP contribution >= 0.6 is 0 Å². The minimum Gasteiger partial charge on any atom is -0.426 e. The first-order chi connectivity index (χ1) is 10.7. The summed E-state index contributed by atoms with van der Waals surface area (Å²) >= 11 is 0. The van der Waals surface area contributed by atoms with E-state index in [-0.39, 0.29) is 0 Å². The molecule has 1 N–H and O–H groups in total. The van der Waals surface area contributed by atoms with Crippen LogP contribution in [0.5, 0.6) is 5.75 Å². The number of nitrogens with zero attached hydrogens (tertiary/aromatic N) is 2. The third-order valence-corrected chi connectivity index (χ3v) is 3.68. The summed E-state index contributed by atoms with van der Waals surface area (Å²) in [6.45, 7) is 2.09. The molecule has 1 aliphatic rings. The second-order valence-corrected chi connectivity index (χ2v) is 5.16. The second-order valence-electron chi connectivity index (χ2n) is 5.16. The van der Waals surface area contributed by atoms with Gasteiger partial charge in [-0.05, 0) is 25.1 Å². The summed E-state index contributed by atoms with van der Waals surface area (Å²) < 4.78 is 5.29. The molecule has 0 amide bonds. The van der Waals surface area contributed by atoms with Gasteiger partial charge in [0, 0.05) is 17.5 Å². The van der Waals surface area contributed by atoms with Gasteiger partial charge in [-0.2, -0.15) is 0 Å². The van der Waals surface area contributed by atoms with E-state index in [9.17, 15) is 9.90 Å². The third-order valence-electron chi connectivity index (χ3n) is 3.68. The molecular weight excluding hydrogens is 280 g/mol. The maximum Gasteiger partial charge on any atom is 0.323 e. The van der Waals surface area contributed by atoms with E-state index in [0.29, 0.717) is 23.6 Å². The molecule has 3 rings (SSSR count). The number of aliphatic hydroxyl groups excluding tert-OH is 1. The molecule has 0 fully saturated rings. The first kappa shape index (κ1) is 14.4. The monoisotopic (exact) mass is 296 g/mol. The third kappa shape index (κ3) is 2.76. The SMILES string of the molecule is CC(=NCc1ccccn1)C1C(=O)Oc2ccccc2C1O. The van der Waals surface area contributed by atoms with Gasteiger partial charge in [0.1, 0.15) is 17.8 Å². The second kappa shape index (κ2) is 6.07. The molecule has 1 aromatic carbocycles. The Bertz CT molecular complexity index is 713. The number of rotatable bonds is 3. The van der Waals surface area contributed by atoms with Gasteiger partial charge in [-0.25, -0.2) is 0 Å². The quantitative estimate of drug-likeness (QED) is 0.536. The molecule has 112 valence electrons. The molecule has 0 radical (unpaired) electrons. The summed E-state index contributed by atoms with van der Waals surface area (Å²) in [4.78, 5) is 20.7. The Morgan fingerprint density at radius 2 is 2.05 bits per heavy atom. The lowest BCUT2D eigenvalue weighted by atomic mass is 9.89. The molecule has 0 spiro atoms. The highest BCUT2D eigenvalue weighted by molar-refractivity contribution is 6.03. The lowest BCUT2D eigenvalue weighted by molar-refractivity contribution is -0.141. The molecule has 0 aliphatic carbocycles. The fourth-order valence-electron chi connectivity index (χ4n) is 2.49. The molecule has 0 saturated heterocycles. The number of fused-ring (bicyclic) bond motifs is 1. The lowest BCUT2D eigenvalue weighted by Crippen LogP contribution is -2.36. The topological polar surface area (TPSA) is 71.8 Å². The van der Waals surface area contributed by atoms with Gasteiger partial charge in [-0.3, -0.25) is 14.8 Å². The van der Waals surface area contributed by atoms with Crippen molar-refractivity contribution in [3.8, 4) is 5.75 Å². The van der Waals surface area contributed by atoms with E-state index in [1.165, 1.54) is 0 Å². The summed E-state index contributed by atoms with van der Waals surface area (Å²) in [5, 5.41) is 10.5. The van der Waals surface area contributed by atoms with Gasteiger partial charge in [0.15, 0.2) is 0 Å². The molecule has 2 heterocycles. The van der Waals surface area contributed by atoms with Gasteiger partial charge in [-0.1, -0.05) is 24.3 Å². The zero-order valence-corrected chi connectivity index (χ0v) is 12.1. The van der Waals surface area contributed by atoms with Crippen molar-refractivity contribution in [3.63, 3.8) is 0 Å². The number of hydrogen-bond donors (Lipinski definition) is 1. The van der Waals surface area contributed by atoms with Crippen molar-refractivity contribution in [2.24, 2.45) is 10.9 Å². The predicted octanol–water partition coefficient (Wildman–Crippen LogP) is 2.31. The van der Waals surface area contributed by atoms with Crippen molar-refractivity contribution in [2.45, 2.75) is 19.6 Å². The summed E-state index contributed by atoms with van der Waals surface area (Å²) in [5.41, 5.74) is 1.96. The van der Waals surface area contributed by atoms with Crippen LogP contribution in [-0.4, -0.2) is 21.8 Å². The van der Waals surface area contributed by atoms with Crippen molar-refractivity contribution >= 4 is 11.7 Å². The number of aliphatic imine (C=N–C) groups is 1. The number of para-hydroxylation sites is 1. The van der Waals surface area contributed by atoms with E-state index in [1.54, 1.807) is 37.4 Å². The number of ether oxygens (including phenoxy) is 1. The van der Waals surface area contributed by atoms with Crippen LogP contribution in [0, 0.1) is 5.92 Å². The summed E-state index contributed by atoms with van der Waals surface area (Å²) in [6.07, 6.45) is 0.755. The number of pyridine rings is 1. The maximum absolute atomic E-state index is 12.1. The highest BCUT2D eigenvalue weighted by Gasteiger charge is 2.38. The smallest absolute Gasteiger partial charge is 0.323 e. The molecule has 0 saturated carbocycles. The van der Waals surface area contributed by atoms with Gasteiger partial charge in [0.05, 0.1) is 12.2 Å². The average molecular weight is 296 g/mol. The van der Waals surface area contributed by atoms with E-state index >= 15 is 0 Å². The molecule has 0 bridgehead atoms. The van der Waals surface area contributed by atoms with E-state index in [0.717, 1.165) is 5.69 Å². The average Bonchev–Trinajstić information content (AvgIpc) is 2.54. The molecule has 2 unspecified atom stereocenters. The fourth-order valence-corrected chi connectivity index (χ4v) is 2.49. The number of carbonyl (C=O) groups excluding carboxylic acids is 1. The minimum atomic E-state index is -0.940. The Hall–Kier alpha value is -2.53. The number of aliphatic hydroxyl groups is 1. The fraction of sp³-hybridized carbons (Fsp3) is 0.235. The Balaban J connectivity index is 1.83. The van der Waals surface area contributed by atoms with Gasteiger partial charge in [0.25, 0.3) is 0 Å². The molecule has 1 aliphatic heterocycles. The largest absolute Gasteiger partial charge is 0.426 e. The molecular formula is C17H16N2O3. The molecule has 1 aromatic heterocycles. The van der Waals surface area contributed by atoms with Crippen molar-refractivity contribution in [1.82, 2.24) is 4.98 Å².